The van der Waals surface area contributed by atoms with Crippen molar-refractivity contribution in [3.8, 4) is 0 Å². The second-order valence-corrected chi connectivity index (χ2v) is 7.44. The predicted octanol–water partition coefficient (Wildman–Crippen LogP) is 2.97. The molecule has 0 aliphatic carbocycles. The molecule has 2 aliphatic rings. The van der Waals surface area contributed by atoms with Crippen molar-refractivity contribution in [3.63, 3.8) is 0 Å². The second kappa shape index (κ2) is 8.11. The molecule has 0 spiro atoms. The minimum absolute atomic E-state index is 0.111. The van der Waals surface area contributed by atoms with Gasteiger partial charge in [0.2, 0.25) is 5.91 Å². The molecule has 7 heteroatoms. The average molecular weight is 393 g/mol. The van der Waals surface area contributed by atoms with Gasteiger partial charge in [0.1, 0.15) is 17.7 Å². The summed E-state index contributed by atoms with van der Waals surface area (Å²) in [6.45, 7) is 4.45. The number of pyridine rings is 1. The molecule has 1 aromatic heterocycles. The maximum Gasteiger partial charge on any atom is 0.222 e. The summed E-state index contributed by atoms with van der Waals surface area (Å²) in [5.74, 6) is -0.0835. The fraction of sp³-hybridized carbons (Fsp3) is 0.364. The van der Waals surface area contributed by atoms with Crippen molar-refractivity contribution in [2.45, 2.75) is 25.3 Å². The van der Waals surface area contributed by atoms with Crippen LogP contribution in [0, 0.1) is 12.7 Å². The van der Waals surface area contributed by atoms with Crippen molar-refractivity contribution in [1.29, 1.82) is 0 Å². The number of hydrogen-bond donors (Lipinski definition) is 0. The molecule has 2 aliphatic heterocycles. The van der Waals surface area contributed by atoms with Gasteiger partial charge in [0.15, 0.2) is 0 Å². The molecule has 0 radical (unpaired) electrons. The van der Waals surface area contributed by atoms with Gasteiger partial charge in [-0.1, -0.05) is 12.1 Å². The summed E-state index contributed by atoms with van der Waals surface area (Å²) in [6, 6.07) is 8.98. The van der Waals surface area contributed by atoms with Gasteiger partial charge in [-0.05, 0) is 31.5 Å². The van der Waals surface area contributed by atoms with Crippen LogP contribution < -0.4 is 4.90 Å². The number of anilines is 1. The molecule has 4 rings (SSSR count). The Hall–Kier alpha value is -3.09. The number of benzene rings is 1. The SMILES string of the molecule is Cc1c(F)cccc1N1CCN(C(=O)CCC2(c3cccnc3)C=NC=N2)CC1. The lowest BCUT2D eigenvalue weighted by Crippen LogP contribution is -2.49. The number of nitrogens with zero attached hydrogens (tertiary/aromatic N) is 5. The molecular weight excluding hydrogens is 369 g/mol. The Bertz CT molecular complexity index is 923. The highest BCUT2D eigenvalue weighted by Crippen LogP contribution is 2.31. The molecule has 150 valence electrons. The zero-order valence-electron chi connectivity index (χ0n) is 16.5. The Kier molecular flexibility index (Phi) is 5.38. The van der Waals surface area contributed by atoms with E-state index in [9.17, 15) is 9.18 Å². The van der Waals surface area contributed by atoms with Crippen LogP contribution in [-0.4, -0.2) is 54.5 Å². The van der Waals surface area contributed by atoms with Crippen LogP contribution in [0.15, 0.2) is 52.7 Å². The van der Waals surface area contributed by atoms with Crippen LogP contribution >= 0.6 is 0 Å². The third-order valence-electron chi connectivity index (χ3n) is 5.74. The lowest BCUT2D eigenvalue weighted by Gasteiger charge is -2.37. The largest absolute Gasteiger partial charge is 0.368 e. The molecule has 1 amide bonds. The Morgan fingerprint density at radius 2 is 2.00 bits per heavy atom. The molecular formula is C22H24FN5O. The topological polar surface area (TPSA) is 61.2 Å². The molecule has 1 atom stereocenters. The quantitative estimate of drug-likeness (QED) is 0.785. The van der Waals surface area contributed by atoms with Gasteiger partial charge in [-0.3, -0.25) is 14.8 Å². The van der Waals surface area contributed by atoms with Crippen LogP contribution in [0.3, 0.4) is 0 Å². The van der Waals surface area contributed by atoms with Crippen molar-refractivity contribution in [2.75, 3.05) is 31.1 Å². The van der Waals surface area contributed by atoms with Gasteiger partial charge >= 0.3 is 0 Å². The van der Waals surface area contributed by atoms with Crippen LogP contribution in [0.2, 0.25) is 0 Å². The zero-order chi connectivity index (χ0) is 20.3. The number of piperazine rings is 1. The summed E-state index contributed by atoms with van der Waals surface area (Å²) >= 11 is 0. The van der Waals surface area contributed by atoms with Gasteiger partial charge in [-0.2, -0.15) is 0 Å². The molecule has 0 N–H and O–H groups in total. The number of rotatable bonds is 5. The third-order valence-corrected chi connectivity index (χ3v) is 5.74. The number of halogens is 1. The van der Waals surface area contributed by atoms with E-state index in [4.69, 9.17) is 0 Å². The van der Waals surface area contributed by atoms with E-state index < -0.39 is 5.54 Å². The number of carbonyl (C=O) groups is 1. The van der Waals surface area contributed by atoms with Crippen molar-refractivity contribution in [1.82, 2.24) is 9.88 Å². The van der Waals surface area contributed by atoms with Crippen LogP contribution in [0.25, 0.3) is 0 Å². The summed E-state index contributed by atoms with van der Waals surface area (Å²) in [4.78, 5) is 29.7. The standard InChI is InChI=1S/C22H24FN5O/c1-17-19(23)5-2-6-20(17)27-10-12-28(13-11-27)21(29)7-8-22(15-25-16-26-22)18-4-3-9-24-14-18/h2-6,9,14-16H,7-8,10-13H2,1H3. The van der Waals surface area contributed by atoms with Crippen molar-refractivity contribution in [3.05, 3.63) is 59.7 Å². The maximum atomic E-state index is 13.8. The van der Waals surface area contributed by atoms with E-state index in [0.717, 1.165) is 11.3 Å². The minimum Gasteiger partial charge on any atom is -0.368 e. The summed E-state index contributed by atoms with van der Waals surface area (Å²) < 4.78 is 13.8. The van der Waals surface area contributed by atoms with E-state index in [0.29, 0.717) is 44.6 Å². The first kappa shape index (κ1) is 19.2. The van der Waals surface area contributed by atoms with Gasteiger partial charge in [-0.15, -0.1) is 0 Å². The van der Waals surface area contributed by atoms with Crippen molar-refractivity contribution in [2.24, 2.45) is 9.98 Å². The van der Waals surface area contributed by atoms with Gasteiger partial charge in [-0.25, -0.2) is 9.38 Å². The summed E-state index contributed by atoms with van der Waals surface area (Å²) in [6.07, 6.45) is 7.77. The number of amides is 1. The average Bonchev–Trinajstić information content (AvgIpc) is 3.25. The highest BCUT2D eigenvalue weighted by molar-refractivity contribution is 5.88. The molecule has 1 aromatic carbocycles. The lowest BCUT2D eigenvalue weighted by molar-refractivity contribution is -0.131. The molecule has 0 bridgehead atoms. The zero-order valence-corrected chi connectivity index (χ0v) is 16.5. The van der Waals surface area contributed by atoms with Gasteiger partial charge in [0.05, 0.1) is 0 Å². The van der Waals surface area contributed by atoms with E-state index in [-0.39, 0.29) is 11.7 Å². The number of hydrogen-bond acceptors (Lipinski definition) is 5. The molecule has 0 saturated carbocycles. The minimum atomic E-state index is -0.607. The van der Waals surface area contributed by atoms with Crippen LogP contribution in [0.5, 0.6) is 0 Å². The molecule has 1 saturated heterocycles. The monoisotopic (exact) mass is 393 g/mol. The maximum absolute atomic E-state index is 13.8. The smallest absolute Gasteiger partial charge is 0.222 e. The van der Waals surface area contributed by atoms with E-state index in [1.807, 2.05) is 23.1 Å². The molecule has 2 aromatic rings. The Labute approximate surface area is 169 Å². The fourth-order valence-electron chi connectivity index (χ4n) is 3.96. The molecule has 6 nitrogen and oxygen atoms in total. The Morgan fingerprint density at radius 1 is 1.17 bits per heavy atom. The van der Waals surface area contributed by atoms with Crippen LogP contribution in [-0.2, 0) is 10.3 Å². The summed E-state index contributed by atoms with van der Waals surface area (Å²) in [5, 5.41) is 0. The Balaban J connectivity index is 1.36. The first-order valence-corrected chi connectivity index (χ1v) is 9.85. The summed E-state index contributed by atoms with van der Waals surface area (Å²) in [5.41, 5.74) is 1.90. The summed E-state index contributed by atoms with van der Waals surface area (Å²) in [7, 11) is 0. The van der Waals surface area contributed by atoms with Crippen molar-refractivity contribution < 1.29 is 9.18 Å². The highest BCUT2D eigenvalue weighted by Gasteiger charge is 2.33. The molecule has 1 unspecified atom stereocenters. The third kappa shape index (κ3) is 3.90. The first-order valence-electron chi connectivity index (χ1n) is 9.85. The predicted molar refractivity (Wildman–Crippen MR) is 112 cm³/mol. The molecule has 3 heterocycles. The number of aliphatic imine (C=N–C) groups is 2. The highest BCUT2D eigenvalue weighted by atomic mass is 19.1. The van der Waals surface area contributed by atoms with E-state index in [1.54, 1.807) is 31.6 Å². The first-order chi connectivity index (χ1) is 14.1. The van der Waals surface area contributed by atoms with E-state index >= 15 is 0 Å². The normalized spacial score (nSPS) is 21.0. The molecule has 1 fully saturated rings. The van der Waals surface area contributed by atoms with E-state index in [2.05, 4.69) is 19.9 Å². The van der Waals surface area contributed by atoms with Gasteiger partial charge in [0.25, 0.3) is 0 Å². The number of aromatic nitrogens is 1. The number of carbonyl (C=O) groups excluding carboxylic acids is 1. The van der Waals surface area contributed by atoms with E-state index in [1.165, 1.54) is 12.4 Å². The Morgan fingerprint density at radius 3 is 2.69 bits per heavy atom. The van der Waals surface area contributed by atoms with Crippen LogP contribution in [0.1, 0.15) is 24.0 Å². The molecule has 29 heavy (non-hydrogen) atoms. The van der Waals surface area contributed by atoms with Crippen molar-refractivity contribution >= 4 is 24.1 Å². The van der Waals surface area contributed by atoms with Gasteiger partial charge in [0, 0.05) is 68.0 Å². The fourth-order valence-corrected chi connectivity index (χ4v) is 3.96. The van der Waals surface area contributed by atoms with Gasteiger partial charge < -0.3 is 9.80 Å². The lowest BCUT2D eigenvalue weighted by atomic mass is 9.88. The second-order valence-electron chi connectivity index (χ2n) is 7.44. The van der Waals surface area contributed by atoms with Crippen LogP contribution in [0.4, 0.5) is 10.1 Å².